The van der Waals surface area contributed by atoms with E-state index in [4.69, 9.17) is 0 Å². The van der Waals surface area contributed by atoms with Crippen LogP contribution in [0.15, 0.2) is 176 Å². The van der Waals surface area contributed by atoms with Crippen LogP contribution in [0.25, 0.3) is 34.8 Å². The summed E-state index contributed by atoms with van der Waals surface area (Å²) in [6.45, 7) is 0. The van der Waals surface area contributed by atoms with Gasteiger partial charge in [0, 0.05) is 57.9 Å². The van der Waals surface area contributed by atoms with Gasteiger partial charge in [0.25, 0.3) is 0 Å². The predicted octanol–water partition coefficient (Wildman–Crippen LogP) is 10.9. The second-order valence-corrected chi connectivity index (χ2v) is 14.2. The lowest BCUT2D eigenvalue weighted by atomic mass is 9.68. The van der Waals surface area contributed by atoms with E-state index in [2.05, 4.69) is 86.1 Å². The fraction of sp³-hybridized carbons (Fsp3) is 0.0816. The zero-order valence-corrected chi connectivity index (χ0v) is 30.4. The third-order valence-electron chi connectivity index (χ3n) is 11.0. The molecule has 5 nitrogen and oxygen atoms in total. The van der Waals surface area contributed by atoms with E-state index >= 15 is 0 Å². The number of nitrogens with one attached hydrogen (secondary N) is 2. The molecule has 0 saturated carbocycles. The largest absolute Gasteiger partial charge is 0.281 e. The molecule has 3 heterocycles. The van der Waals surface area contributed by atoms with Gasteiger partial charge in [0.2, 0.25) is 0 Å². The first-order valence-corrected chi connectivity index (χ1v) is 18.7. The van der Waals surface area contributed by atoms with Gasteiger partial charge in [-0.1, -0.05) is 146 Å². The molecule has 0 fully saturated rings. The summed E-state index contributed by atoms with van der Waals surface area (Å²) < 4.78 is 27.1. The zero-order chi connectivity index (χ0) is 38.0. The molecule has 7 heteroatoms. The molecule has 272 valence electrons. The summed E-state index contributed by atoms with van der Waals surface area (Å²) in [5.74, 6) is -0.452. The number of halogens is 2. The second-order valence-electron chi connectivity index (χ2n) is 14.2. The van der Waals surface area contributed by atoms with Gasteiger partial charge in [-0.3, -0.25) is 15.2 Å². The van der Waals surface area contributed by atoms with Crippen LogP contribution in [0.2, 0.25) is 0 Å². The Balaban J connectivity index is 0.000000146. The van der Waals surface area contributed by atoms with Gasteiger partial charge in [0.1, 0.15) is 17.3 Å². The third-order valence-corrected chi connectivity index (χ3v) is 11.0. The molecular weight excluding hydrogens is 697 g/mol. The van der Waals surface area contributed by atoms with E-state index in [1.807, 2.05) is 97.1 Å². The van der Waals surface area contributed by atoms with Crippen LogP contribution < -0.4 is 0 Å². The Morgan fingerprint density at radius 3 is 1.36 bits per heavy atom. The average molecular weight is 734 g/mol. The van der Waals surface area contributed by atoms with Crippen LogP contribution >= 0.6 is 0 Å². The highest BCUT2D eigenvalue weighted by Gasteiger charge is 2.38. The molecule has 2 aliphatic rings. The standard InChI is InChI=1S/C25H19FN2.C24H18FN3/c26-21-13-11-20(12-14-21)25(19-9-5-2-6-10-19)16-15-22-23(17-25)27-28-24(22)18-7-3-1-4-8-18;25-19-11-9-18(10-12-19)24(17-6-2-1-3-7-17)14-13-20-22(16-24)27-28-23(20)21-8-4-5-15-26-21/h1-16H,17H2,(H,27,28);1-15H,16H2,(H,27,28). The topological polar surface area (TPSA) is 70.2 Å². The van der Waals surface area contributed by atoms with Crippen LogP contribution in [-0.2, 0) is 23.7 Å². The molecule has 10 rings (SSSR count). The van der Waals surface area contributed by atoms with E-state index in [-0.39, 0.29) is 22.5 Å². The van der Waals surface area contributed by atoms with E-state index in [1.165, 1.54) is 29.8 Å². The first-order valence-electron chi connectivity index (χ1n) is 18.7. The summed E-state index contributed by atoms with van der Waals surface area (Å²) in [5.41, 5.74) is 11.8. The smallest absolute Gasteiger partial charge is 0.123 e. The van der Waals surface area contributed by atoms with Gasteiger partial charge >= 0.3 is 0 Å². The zero-order valence-electron chi connectivity index (χ0n) is 30.4. The molecule has 0 spiro atoms. The number of H-pyrrole nitrogens is 2. The maximum Gasteiger partial charge on any atom is 0.123 e. The molecule has 0 aliphatic heterocycles. The number of aromatic nitrogens is 5. The molecule has 2 atom stereocenters. The minimum absolute atomic E-state index is 0.222. The number of rotatable bonds is 6. The fourth-order valence-corrected chi connectivity index (χ4v) is 8.14. The van der Waals surface area contributed by atoms with Crippen molar-refractivity contribution in [2.75, 3.05) is 0 Å². The van der Waals surface area contributed by atoms with Crippen LogP contribution in [0.5, 0.6) is 0 Å². The highest BCUT2D eigenvalue weighted by Crippen LogP contribution is 2.44. The molecule has 2 aliphatic carbocycles. The molecule has 2 unspecified atom stereocenters. The lowest BCUT2D eigenvalue weighted by molar-refractivity contribution is 0.605. The van der Waals surface area contributed by atoms with E-state index in [0.717, 1.165) is 68.3 Å². The highest BCUT2D eigenvalue weighted by atomic mass is 19.1. The Bertz CT molecular complexity index is 2450. The van der Waals surface area contributed by atoms with Gasteiger partial charge in [-0.2, -0.15) is 10.2 Å². The Morgan fingerprint density at radius 2 is 0.875 bits per heavy atom. The van der Waals surface area contributed by atoms with Crippen molar-refractivity contribution in [1.82, 2.24) is 25.4 Å². The summed E-state index contributed by atoms with van der Waals surface area (Å²) >= 11 is 0. The highest BCUT2D eigenvalue weighted by molar-refractivity contribution is 5.77. The maximum atomic E-state index is 13.6. The summed E-state index contributed by atoms with van der Waals surface area (Å²) in [5, 5.41) is 15.6. The van der Waals surface area contributed by atoms with Crippen molar-refractivity contribution in [2.45, 2.75) is 23.7 Å². The number of hydrogen-bond donors (Lipinski definition) is 2. The number of nitrogens with zero attached hydrogens (tertiary/aromatic N) is 3. The lowest BCUT2D eigenvalue weighted by Crippen LogP contribution is -2.30. The van der Waals surface area contributed by atoms with Crippen molar-refractivity contribution in [3.63, 3.8) is 0 Å². The van der Waals surface area contributed by atoms with Crippen LogP contribution in [0.4, 0.5) is 8.78 Å². The Labute approximate surface area is 324 Å². The van der Waals surface area contributed by atoms with Crippen molar-refractivity contribution in [1.29, 1.82) is 0 Å². The van der Waals surface area contributed by atoms with Crippen molar-refractivity contribution in [2.24, 2.45) is 0 Å². The molecule has 0 saturated heterocycles. The molecule has 0 bridgehead atoms. The van der Waals surface area contributed by atoms with Crippen LogP contribution in [-0.4, -0.2) is 25.4 Å². The number of aromatic amines is 2. The van der Waals surface area contributed by atoms with E-state index in [9.17, 15) is 8.78 Å². The molecule has 3 aromatic heterocycles. The van der Waals surface area contributed by atoms with Gasteiger partial charge < -0.3 is 0 Å². The van der Waals surface area contributed by atoms with Crippen LogP contribution in [0, 0.1) is 11.6 Å². The summed E-state index contributed by atoms with van der Waals surface area (Å²) in [6.07, 6.45) is 11.9. The number of hydrogen-bond acceptors (Lipinski definition) is 3. The molecule has 5 aromatic carbocycles. The van der Waals surface area contributed by atoms with Gasteiger partial charge in [-0.05, 0) is 58.7 Å². The predicted molar refractivity (Wildman–Crippen MR) is 219 cm³/mol. The Kier molecular flexibility index (Phi) is 9.11. The monoisotopic (exact) mass is 733 g/mol. The van der Waals surface area contributed by atoms with Crippen molar-refractivity contribution in [3.05, 3.63) is 232 Å². The first kappa shape index (κ1) is 34.8. The summed E-state index contributed by atoms with van der Waals surface area (Å²) in [6, 6.07) is 50.3. The number of fused-ring (bicyclic) bond motifs is 2. The van der Waals surface area contributed by atoms with Crippen molar-refractivity contribution < 1.29 is 8.78 Å². The van der Waals surface area contributed by atoms with Crippen LogP contribution in [0.1, 0.15) is 44.8 Å². The number of allylic oxidation sites excluding steroid dienone is 2. The van der Waals surface area contributed by atoms with Crippen molar-refractivity contribution in [3.8, 4) is 22.6 Å². The maximum absolute atomic E-state index is 13.6. The Morgan fingerprint density at radius 1 is 0.446 bits per heavy atom. The molecule has 0 radical (unpaired) electrons. The van der Waals surface area contributed by atoms with E-state index in [0.29, 0.717) is 6.42 Å². The summed E-state index contributed by atoms with van der Waals surface area (Å²) in [7, 11) is 0. The minimum atomic E-state index is -0.379. The first-order chi connectivity index (χ1) is 27.5. The van der Waals surface area contributed by atoms with E-state index < -0.39 is 0 Å². The summed E-state index contributed by atoms with van der Waals surface area (Å²) in [4.78, 5) is 4.43. The van der Waals surface area contributed by atoms with Gasteiger partial charge in [-0.15, -0.1) is 0 Å². The van der Waals surface area contributed by atoms with Gasteiger partial charge in [0.15, 0.2) is 0 Å². The second kappa shape index (κ2) is 14.7. The SMILES string of the molecule is Fc1ccc(C2(c3ccccc3)C=Cc3c(-c4ccccc4)n[nH]c3C2)cc1.Fc1ccc(C2(c3ccccc3)C=Cc3c(-c4ccccn4)n[nH]c3C2)cc1. The van der Waals surface area contributed by atoms with E-state index in [1.54, 1.807) is 6.20 Å². The lowest BCUT2D eigenvalue weighted by Gasteiger charge is -2.34. The quantitative estimate of drug-likeness (QED) is 0.179. The minimum Gasteiger partial charge on any atom is -0.281 e. The molecule has 56 heavy (non-hydrogen) atoms. The normalized spacial score (nSPS) is 18.0. The van der Waals surface area contributed by atoms with Gasteiger partial charge in [-0.25, -0.2) is 8.78 Å². The Hall–Kier alpha value is -6.99. The average Bonchev–Trinajstić information content (AvgIpc) is 3.89. The fourth-order valence-electron chi connectivity index (χ4n) is 8.14. The van der Waals surface area contributed by atoms with Crippen LogP contribution in [0.3, 0.4) is 0 Å². The van der Waals surface area contributed by atoms with Crippen molar-refractivity contribution >= 4 is 12.2 Å². The molecule has 0 amide bonds. The molecule has 2 N–H and O–H groups in total. The number of pyridine rings is 1. The molecular formula is C49H37F2N5. The number of benzene rings is 5. The molecule has 8 aromatic rings. The third kappa shape index (κ3) is 6.37. The van der Waals surface area contributed by atoms with Gasteiger partial charge in [0.05, 0.1) is 11.4 Å².